The summed E-state index contributed by atoms with van der Waals surface area (Å²) in [5.74, 6) is 0.619. The standard InChI is InChI=1S/C22H28N2O2/c1-18-4-2-3-5-20(18)14-24-16-22(17-24)21(9-13-26-22)8-12-25-15-19-6-10-23-11-7-19/h2-7,10-11,21H,8-9,12-17H2,1H3/t21-/m1/s1. The van der Waals surface area contributed by atoms with Crippen molar-refractivity contribution < 1.29 is 9.47 Å². The zero-order chi connectivity index (χ0) is 17.8. The third-order valence-corrected chi connectivity index (χ3v) is 5.87. The highest BCUT2D eigenvalue weighted by molar-refractivity contribution is 5.26. The van der Waals surface area contributed by atoms with Crippen molar-refractivity contribution in [3.63, 3.8) is 0 Å². The van der Waals surface area contributed by atoms with Crippen LogP contribution in [0.15, 0.2) is 48.8 Å². The van der Waals surface area contributed by atoms with Crippen molar-refractivity contribution in [2.75, 3.05) is 26.3 Å². The molecule has 2 saturated heterocycles. The normalized spacial score (nSPS) is 21.8. The lowest BCUT2D eigenvalue weighted by molar-refractivity contribution is -0.139. The van der Waals surface area contributed by atoms with Crippen LogP contribution in [0.5, 0.6) is 0 Å². The Labute approximate surface area is 156 Å². The monoisotopic (exact) mass is 352 g/mol. The Morgan fingerprint density at radius 2 is 2.00 bits per heavy atom. The van der Waals surface area contributed by atoms with Crippen molar-refractivity contribution >= 4 is 0 Å². The van der Waals surface area contributed by atoms with E-state index in [1.165, 1.54) is 16.7 Å². The molecule has 2 aromatic rings. The van der Waals surface area contributed by atoms with Crippen molar-refractivity contribution in [1.82, 2.24) is 9.88 Å². The van der Waals surface area contributed by atoms with Gasteiger partial charge in [0.15, 0.2) is 0 Å². The summed E-state index contributed by atoms with van der Waals surface area (Å²) in [6, 6.07) is 12.7. The molecule has 0 aliphatic carbocycles. The van der Waals surface area contributed by atoms with E-state index in [0.717, 1.165) is 45.7 Å². The Morgan fingerprint density at radius 1 is 1.19 bits per heavy atom. The molecule has 26 heavy (non-hydrogen) atoms. The maximum absolute atomic E-state index is 6.20. The number of nitrogens with zero attached hydrogens (tertiary/aromatic N) is 2. The number of hydrogen-bond acceptors (Lipinski definition) is 4. The molecule has 2 aliphatic heterocycles. The van der Waals surface area contributed by atoms with Crippen molar-refractivity contribution in [2.24, 2.45) is 5.92 Å². The zero-order valence-corrected chi connectivity index (χ0v) is 15.6. The highest BCUT2D eigenvalue weighted by Gasteiger charge is 2.52. The van der Waals surface area contributed by atoms with Crippen LogP contribution in [0.1, 0.15) is 29.5 Å². The van der Waals surface area contributed by atoms with Gasteiger partial charge in [0.2, 0.25) is 0 Å². The van der Waals surface area contributed by atoms with E-state index in [1.807, 2.05) is 24.5 Å². The summed E-state index contributed by atoms with van der Waals surface area (Å²) < 4.78 is 12.1. The zero-order valence-electron chi connectivity index (χ0n) is 15.6. The minimum Gasteiger partial charge on any atom is -0.377 e. The highest BCUT2D eigenvalue weighted by Crippen LogP contribution is 2.42. The average Bonchev–Trinajstić information content (AvgIpc) is 3.05. The van der Waals surface area contributed by atoms with Gasteiger partial charge in [-0.3, -0.25) is 9.88 Å². The van der Waals surface area contributed by atoms with Crippen LogP contribution in [0.4, 0.5) is 0 Å². The van der Waals surface area contributed by atoms with Gasteiger partial charge < -0.3 is 9.47 Å². The first-order valence-corrected chi connectivity index (χ1v) is 9.63. The minimum atomic E-state index is 0.0721. The fourth-order valence-electron chi connectivity index (χ4n) is 4.29. The Morgan fingerprint density at radius 3 is 2.81 bits per heavy atom. The number of benzene rings is 1. The van der Waals surface area contributed by atoms with Crippen molar-refractivity contribution in [3.05, 3.63) is 65.5 Å². The van der Waals surface area contributed by atoms with Gasteiger partial charge in [-0.25, -0.2) is 0 Å². The number of aromatic nitrogens is 1. The molecule has 0 bridgehead atoms. The summed E-state index contributed by atoms with van der Waals surface area (Å²) in [5.41, 5.74) is 4.06. The lowest BCUT2D eigenvalue weighted by Gasteiger charge is -2.50. The first kappa shape index (κ1) is 17.7. The number of pyridine rings is 1. The molecule has 2 aliphatic rings. The van der Waals surface area contributed by atoms with E-state index in [-0.39, 0.29) is 5.60 Å². The van der Waals surface area contributed by atoms with E-state index in [1.54, 1.807) is 0 Å². The number of likely N-dealkylation sites (tertiary alicyclic amines) is 1. The molecule has 2 fully saturated rings. The second kappa shape index (κ2) is 7.87. The quantitative estimate of drug-likeness (QED) is 0.713. The molecule has 138 valence electrons. The molecule has 0 unspecified atom stereocenters. The smallest absolute Gasteiger partial charge is 0.0964 e. The van der Waals surface area contributed by atoms with Crippen LogP contribution in [0.3, 0.4) is 0 Å². The van der Waals surface area contributed by atoms with Crippen LogP contribution >= 0.6 is 0 Å². The second-order valence-electron chi connectivity index (χ2n) is 7.67. The van der Waals surface area contributed by atoms with Gasteiger partial charge in [-0.05, 0) is 54.5 Å². The number of hydrogen-bond donors (Lipinski definition) is 0. The first-order chi connectivity index (χ1) is 12.8. The molecule has 0 N–H and O–H groups in total. The molecular formula is C22H28N2O2. The van der Waals surface area contributed by atoms with E-state index in [9.17, 15) is 0 Å². The molecular weight excluding hydrogens is 324 g/mol. The molecule has 3 heterocycles. The fourth-order valence-corrected chi connectivity index (χ4v) is 4.29. The summed E-state index contributed by atoms with van der Waals surface area (Å²) in [7, 11) is 0. The Balaban J connectivity index is 1.23. The van der Waals surface area contributed by atoms with Gasteiger partial charge >= 0.3 is 0 Å². The molecule has 4 heteroatoms. The van der Waals surface area contributed by atoms with Gasteiger partial charge in [-0.15, -0.1) is 0 Å². The summed E-state index contributed by atoms with van der Waals surface area (Å²) in [4.78, 5) is 6.55. The molecule has 4 rings (SSSR count). The van der Waals surface area contributed by atoms with E-state index in [2.05, 4.69) is 41.1 Å². The van der Waals surface area contributed by atoms with E-state index < -0.39 is 0 Å². The van der Waals surface area contributed by atoms with E-state index >= 15 is 0 Å². The second-order valence-corrected chi connectivity index (χ2v) is 7.67. The van der Waals surface area contributed by atoms with Crippen LogP contribution in [0.25, 0.3) is 0 Å². The molecule has 1 spiro atoms. The maximum atomic E-state index is 6.20. The Hall–Kier alpha value is -1.75. The van der Waals surface area contributed by atoms with Crippen LogP contribution in [-0.2, 0) is 22.6 Å². The number of rotatable bonds is 7. The fraction of sp³-hybridized carbons (Fsp3) is 0.500. The first-order valence-electron chi connectivity index (χ1n) is 9.63. The largest absolute Gasteiger partial charge is 0.377 e. The van der Waals surface area contributed by atoms with Gasteiger partial charge in [0.05, 0.1) is 12.2 Å². The van der Waals surface area contributed by atoms with Gasteiger partial charge in [0, 0.05) is 45.2 Å². The maximum Gasteiger partial charge on any atom is 0.0964 e. The van der Waals surface area contributed by atoms with E-state index in [4.69, 9.17) is 9.47 Å². The molecule has 0 saturated carbocycles. The van der Waals surface area contributed by atoms with E-state index in [0.29, 0.717) is 12.5 Å². The van der Waals surface area contributed by atoms with Gasteiger partial charge in [0.25, 0.3) is 0 Å². The summed E-state index contributed by atoms with van der Waals surface area (Å²) in [6.07, 6.45) is 5.88. The third kappa shape index (κ3) is 3.83. The lowest BCUT2D eigenvalue weighted by atomic mass is 9.79. The molecule has 1 aromatic heterocycles. The molecule has 1 aromatic carbocycles. The minimum absolute atomic E-state index is 0.0721. The predicted molar refractivity (Wildman–Crippen MR) is 102 cm³/mol. The molecule has 1 atom stereocenters. The van der Waals surface area contributed by atoms with Crippen molar-refractivity contribution in [2.45, 2.75) is 38.5 Å². The number of ether oxygens (including phenoxy) is 2. The summed E-state index contributed by atoms with van der Waals surface area (Å²) in [6.45, 7) is 7.70. The number of aryl methyl sites for hydroxylation is 1. The molecule has 0 amide bonds. The van der Waals surface area contributed by atoms with Crippen LogP contribution in [-0.4, -0.2) is 41.8 Å². The SMILES string of the molecule is Cc1ccccc1CN1CC2(C1)OCC[C@H]2CCOCc1ccncc1. The Kier molecular flexibility index (Phi) is 5.34. The topological polar surface area (TPSA) is 34.6 Å². The van der Waals surface area contributed by atoms with Gasteiger partial charge in [-0.2, -0.15) is 0 Å². The lowest BCUT2D eigenvalue weighted by Crippen LogP contribution is -2.64. The highest BCUT2D eigenvalue weighted by atomic mass is 16.5. The summed E-state index contributed by atoms with van der Waals surface area (Å²) in [5, 5.41) is 0. The van der Waals surface area contributed by atoms with Crippen molar-refractivity contribution in [1.29, 1.82) is 0 Å². The molecule has 4 nitrogen and oxygen atoms in total. The van der Waals surface area contributed by atoms with Crippen LogP contribution < -0.4 is 0 Å². The van der Waals surface area contributed by atoms with Crippen LogP contribution in [0.2, 0.25) is 0 Å². The van der Waals surface area contributed by atoms with Gasteiger partial charge in [0.1, 0.15) is 0 Å². The Bertz CT molecular complexity index is 713. The molecule has 0 radical (unpaired) electrons. The van der Waals surface area contributed by atoms with Gasteiger partial charge in [-0.1, -0.05) is 24.3 Å². The summed E-state index contributed by atoms with van der Waals surface area (Å²) >= 11 is 0. The van der Waals surface area contributed by atoms with Crippen molar-refractivity contribution in [3.8, 4) is 0 Å². The third-order valence-electron chi connectivity index (χ3n) is 5.87. The predicted octanol–water partition coefficient (Wildman–Crippen LogP) is 3.59. The van der Waals surface area contributed by atoms with Crippen LogP contribution in [0, 0.1) is 12.8 Å². The average molecular weight is 352 g/mol.